The highest BCUT2D eigenvalue weighted by Gasteiger charge is 2.65. The van der Waals surface area contributed by atoms with Crippen molar-refractivity contribution in [1.82, 2.24) is 9.21 Å². The van der Waals surface area contributed by atoms with E-state index in [1.165, 1.54) is 4.31 Å². The number of hydrogen-bond acceptors (Lipinski definition) is 6. The lowest BCUT2D eigenvalue weighted by atomic mass is 9.70. The van der Waals surface area contributed by atoms with Crippen molar-refractivity contribution in [2.24, 2.45) is 16.7 Å². The van der Waals surface area contributed by atoms with Crippen LogP contribution < -0.4 is 0 Å². The number of fused-ring (bicyclic) bond motifs is 2. The number of rotatable bonds is 5. The molecule has 2 heterocycles. The minimum absolute atomic E-state index is 0.106. The second-order valence-corrected chi connectivity index (χ2v) is 13.0. The molecule has 2 aliphatic carbocycles. The molecule has 1 amide bonds. The van der Waals surface area contributed by atoms with Crippen LogP contribution >= 0.6 is 0 Å². The summed E-state index contributed by atoms with van der Waals surface area (Å²) in [5.41, 5.74) is -0.279. The number of nitriles is 1. The zero-order valence-corrected chi connectivity index (χ0v) is 20.6. The topological polar surface area (TPSA) is 108 Å². The number of amides is 1. The van der Waals surface area contributed by atoms with Gasteiger partial charge >= 0.3 is 6.09 Å². The first-order chi connectivity index (χ1) is 16.0. The molecular formula is C25H31N3O5S. The molecule has 1 spiro atoms. The summed E-state index contributed by atoms with van der Waals surface area (Å²) in [6, 6.07) is 9.17. The number of nitrogens with zero attached hydrogens (tertiary/aromatic N) is 3. The molecule has 2 saturated carbocycles. The molecule has 4 fully saturated rings. The molecule has 34 heavy (non-hydrogen) atoms. The zero-order chi connectivity index (χ0) is 24.4. The Kier molecular flexibility index (Phi) is 5.34. The SMILES string of the molecule is CC1(C)C2CCC1(CS(=O)(=O)N1CCC3(CC1)CN(Cc1ccc(C#N)cc1)C(=O)O3)C(=O)C2. The first-order valence-corrected chi connectivity index (χ1v) is 13.6. The van der Waals surface area contributed by atoms with Crippen molar-refractivity contribution in [3.05, 3.63) is 35.4 Å². The van der Waals surface area contributed by atoms with Crippen LogP contribution in [-0.2, 0) is 26.1 Å². The fourth-order valence-electron chi connectivity index (χ4n) is 6.66. The third-order valence-electron chi connectivity index (χ3n) is 9.09. The van der Waals surface area contributed by atoms with E-state index in [2.05, 4.69) is 19.9 Å². The lowest BCUT2D eigenvalue weighted by Gasteiger charge is -2.40. The Morgan fingerprint density at radius 1 is 1.12 bits per heavy atom. The molecule has 2 saturated heterocycles. The van der Waals surface area contributed by atoms with Gasteiger partial charge in [-0.15, -0.1) is 0 Å². The van der Waals surface area contributed by atoms with E-state index in [4.69, 9.17) is 10.00 Å². The summed E-state index contributed by atoms with van der Waals surface area (Å²) in [6.07, 6.45) is 2.56. The average molecular weight is 486 g/mol. The molecule has 4 aliphatic rings. The van der Waals surface area contributed by atoms with Crippen LogP contribution in [0.1, 0.15) is 57.1 Å². The molecule has 182 valence electrons. The maximum absolute atomic E-state index is 13.4. The highest BCUT2D eigenvalue weighted by Crippen LogP contribution is 2.64. The third kappa shape index (κ3) is 3.54. The number of ether oxygens (including phenoxy) is 1. The van der Waals surface area contributed by atoms with Crippen LogP contribution in [0.4, 0.5) is 4.79 Å². The van der Waals surface area contributed by atoms with Gasteiger partial charge in [0, 0.05) is 44.3 Å². The van der Waals surface area contributed by atoms with Gasteiger partial charge < -0.3 is 4.74 Å². The second kappa shape index (κ2) is 7.79. The highest BCUT2D eigenvalue weighted by molar-refractivity contribution is 7.89. The van der Waals surface area contributed by atoms with Gasteiger partial charge in [-0.05, 0) is 41.9 Å². The Morgan fingerprint density at radius 3 is 2.35 bits per heavy atom. The summed E-state index contributed by atoms with van der Waals surface area (Å²) in [4.78, 5) is 27.0. The van der Waals surface area contributed by atoms with Gasteiger partial charge in [-0.3, -0.25) is 9.69 Å². The van der Waals surface area contributed by atoms with E-state index >= 15 is 0 Å². The quantitative estimate of drug-likeness (QED) is 0.634. The standard InChI is InChI=1S/C25H31N3O5S/c1-23(2)20-7-8-25(23,21(29)13-20)17-34(31,32)28-11-9-24(10-12-28)16-27(22(30)33-24)15-19-5-3-18(14-26)4-6-19/h3-6,20H,7-13,15-17H2,1-2H3. The molecule has 2 bridgehead atoms. The van der Waals surface area contributed by atoms with E-state index in [0.717, 1.165) is 12.0 Å². The Morgan fingerprint density at radius 2 is 1.79 bits per heavy atom. The maximum Gasteiger partial charge on any atom is 0.410 e. The smallest absolute Gasteiger partial charge is 0.410 e. The molecule has 2 unspecified atom stereocenters. The monoisotopic (exact) mass is 485 g/mol. The van der Waals surface area contributed by atoms with Crippen LogP contribution in [0.2, 0.25) is 0 Å². The number of piperidine rings is 1. The number of ketones is 1. The van der Waals surface area contributed by atoms with Crippen molar-refractivity contribution in [3.63, 3.8) is 0 Å². The Bertz CT molecular complexity index is 1160. The van der Waals surface area contributed by atoms with Gasteiger partial charge in [-0.2, -0.15) is 5.26 Å². The minimum atomic E-state index is -3.61. The Hall–Kier alpha value is -2.44. The molecule has 8 nitrogen and oxygen atoms in total. The Labute approximate surface area is 200 Å². The summed E-state index contributed by atoms with van der Waals surface area (Å²) < 4.78 is 34.1. The summed E-state index contributed by atoms with van der Waals surface area (Å²) in [6.45, 7) is 5.47. The molecule has 1 aromatic rings. The third-order valence-corrected chi connectivity index (χ3v) is 11.1. The Balaban J connectivity index is 1.23. The second-order valence-electron chi connectivity index (χ2n) is 11.0. The number of sulfonamides is 1. The summed E-state index contributed by atoms with van der Waals surface area (Å²) >= 11 is 0. The van der Waals surface area contributed by atoms with Crippen LogP contribution in [0.15, 0.2) is 24.3 Å². The van der Waals surface area contributed by atoms with E-state index in [-0.39, 0.29) is 36.0 Å². The van der Waals surface area contributed by atoms with Crippen LogP contribution in [0, 0.1) is 28.1 Å². The number of carbonyl (C=O) groups is 2. The minimum Gasteiger partial charge on any atom is -0.441 e. The molecule has 0 N–H and O–H groups in total. The molecular weight excluding hydrogens is 454 g/mol. The van der Waals surface area contributed by atoms with Gasteiger partial charge in [0.1, 0.15) is 11.4 Å². The van der Waals surface area contributed by atoms with Gasteiger partial charge in [-0.25, -0.2) is 17.5 Å². The van der Waals surface area contributed by atoms with E-state index in [9.17, 15) is 18.0 Å². The molecule has 1 aromatic carbocycles. The molecule has 2 atom stereocenters. The van der Waals surface area contributed by atoms with E-state index in [1.807, 2.05) is 12.1 Å². The van der Waals surface area contributed by atoms with Crippen molar-refractivity contribution in [1.29, 1.82) is 5.26 Å². The van der Waals surface area contributed by atoms with Crippen molar-refractivity contribution in [2.45, 2.75) is 58.1 Å². The largest absolute Gasteiger partial charge is 0.441 e. The fourth-order valence-corrected chi connectivity index (χ4v) is 8.88. The molecule has 2 aliphatic heterocycles. The van der Waals surface area contributed by atoms with Gasteiger partial charge in [0.2, 0.25) is 10.0 Å². The lowest BCUT2D eigenvalue weighted by molar-refractivity contribution is -0.128. The van der Waals surface area contributed by atoms with Crippen LogP contribution in [0.25, 0.3) is 0 Å². The van der Waals surface area contributed by atoms with Gasteiger partial charge in [0.05, 0.1) is 23.9 Å². The van der Waals surface area contributed by atoms with Gasteiger partial charge in [0.25, 0.3) is 0 Å². The van der Waals surface area contributed by atoms with Crippen LogP contribution in [0.5, 0.6) is 0 Å². The van der Waals surface area contributed by atoms with E-state index < -0.39 is 27.1 Å². The maximum atomic E-state index is 13.4. The van der Waals surface area contributed by atoms with E-state index in [0.29, 0.717) is 44.3 Å². The van der Waals surface area contributed by atoms with Crippen LogP contribution in [-0.4, -0.2) is 60.5 Å². The fraction of sp³-hybridized carbons (Fsp3) is 0.640. The first kappa shape index (κ1) is 23.3. The summed E-state index contributed by atoms with van der Waals surface area (Å²) in [5.74, 6) is 0.272. The molecule has 0 radical (unpaired) electrons. The number of benzene rings is 1. The van der Waals surface area contributed by atoms with Crippen LogP contribution in [0.3, 0.4) is 0 Å². The molecule has 5 rings (SSSR count). The number of hydrogen-bond donors (Lipinski definition) is 0. The first-order valence-electron chi connectivity index (χ1n) is 12.0. The molecule has 9 heteroatoms. The van der Waals surface area contributed by atoms with Gasteiger partial charge in [-0.1, -0.05) is 26.0 Å². The predicted octanol–water partition coefficient (Wildman–Crippen LogP) is 3.07. The van der Waals surface area contributed by atoms with Crippen molar-refractivity contribution in [3.8, 4) is 6.07 Å². The van der Waals surface area contributed by atoms with Crippen molar-refractivity contribution in [2.75, 3.05) is 25.4 Å². The van der Waals surface area contributed by atoms with Crippen molar-refractivity contribution >= 4 is 21.9 Å². The van der Waals surface area contributed by atoms with E-state index in [1.54, 1.807) is 17.0 Å². The number of carbonyl (C=O) groups excluding carboxylic acids is 2. The number of Topliss-reactive ketones (excluding diaryl/α,β-unsaturated/α-hetero) is 1. The summed E-state index contributed by atoms with van der Waals surface area (Å²) in [5, 5.41) is 8.95. The lowest BCUT2D eigenvalue weighted by Crippen LogP contribution is -2.52. The molecule has 0 aromatic heterocycles. The highest BCUT2D eigenvalue weighted by atomic mass is 32.2. The van der Waals surface area contributed by atoms with Crippen molar-refractivity contribution < 1.29 is 22.7 Å². The average Bonchev–Trinajstić information content (AvgIpc) is 3.28. The normalized spacial score (nSPS) is 30.0. The summed E-state index contributed by atoms with van der Waals surface area (Å²) in [7, 11) is -3.61. The van der Waals surface area contributed by atoms with Gasteiger partial charge in [0.15, 0.2) is 0 Å². The predicted molar refractivity (Wildman–Crippen MR) is 124 cm³/mol. The zero-order valence-electron chi connectivity index (χ0n) is 19.7.